The Balaban J connectivity index is 1.98. The van der Waals surface area contributed by atoms with Crippen molar-refractivity contribution in [3.8, 4) is 0 Å². The number of aliphatic hydroxyl groups excluding tert-OH is 1. The van der Waals surface area contributed by atoms with Gasteiger partial charge < -0.3 is 19.6 Å². The molecule has 3 saturated heterocycles. The minimum absolute atomic E-state index is 0.0343. The molecule has 32 heavy (non-hydrogen) atoms. The van der Waals surface area contributed by atoms with Gasteiger partial charge in [-0.05, 0) is 26.2 Å². The zero-order chi connectivity index (χ0) is 23.5. The van der Waals surface area contributed by atoms with Crippen molar-refractivity contribution in [1.29, 1.82) is 0 Å². The van der Waals surface area contributed by atoms with Crippen molar-refractivity contribution < 1.29 is 24.2 Å². The second-order valence-corrected chi connectivity index (χ2v) is 11.5. The molecule has 3 unspecified atom stereocenters. The maximum atomic E-state index is 14.0. The van der Waals surface area contributed by atoms with Crippen molar-refractivity contribution >= 4 is 45.5 Å². The number of thioether (sulfide) groups is 1. The number of fused-ring (bicyclic) bond motifs is 1. The molecule has 2 amide bonds. The van der Waals surface area contributed by atoms with E-state index in [1.165, 1.54) is 0 Å². The van der Waals surface area contributed by atoms with Crippen LogP contribution in [-0.2, 0) is 19.1 Å². The van der Waals surface area contributed by atoms with E-state index in [1.54, 1.807) is 34.6 Å². The van der Waals surface area contributed by atoms with Gasteiger partial charge in [0.1, 0.15) is 6.04 Å². The van der Waals surface area contributed by atoms with Crippen molar-refractivity contribution in [2.45, 2.75) is 66.8 Å². The maximum absolute atomic E-state index is 14.0. The highest BCUT2D eigenvalue weighted by atomic mass is 79.9. The Kier molecular flexibility index (Phi) is 8.72. The molecule has 1 spiro atoms. The largest absolute Gasteiger partial charge is 0.466 e. The number of likely N-dealkylation sites (tertiary alicyclic amines) is 1. The number of halogens is 1. The lowest BCUT2D eigenvalue weighted by Gasteiger charge is -2.37. The van der Waals surface area contributed by atoms with Crippen LogP contribution in [0.3, 0.4) is 0 Å². The van der Waals surface area contributed by atoms with Crippen LogP contribution in [0.4, 0.5) is 0 Å². The number of aliphatic hydroxyl groups is 1. The molecule has 3 fully saturated rings. The Morgan fingerprint density at radius 1 is 1.38 bits per heavy atom. The lowest BCUT2D eigenvalue weighted by molar-refractivity contribution is -0.153. The van der Waals surface area contributed by atoms with Crippen molar-refractivity contribution in [3.63, 3.8) is 0 Å². The number of ether oxygens (including phenoxy) is 1. The summed E-state index contributed by atoms with van der Waals surface area (Å²) >= 11 is 5.35. The van der Waals surface area contributed by atoms with Gasteiger partial charge in [0.2, 0.25) is 11.8 Å². The topological polar surface area (TPSA) is 87.2 Å². The molecule has 0 aliphatic carbocycles. The number of nitrogens with zero attached hydrogens (tertiary/aromatic N) is 2. The van der Waals surface area contributed by atoms with Crippen molar-refractivity contribution in [2.75, 3.05) is 32.8 Å². The van der Waals surface area contributed by atoms with Crippen LogP contribution < -0.4 is 0 Å². The highest BCUT2D eigenvalue weighted by Crippen LogP contribution is 2.68. The van der Waals surface area contributed by atoms with E-state index in [4.69, 9.17) is 4.74 Å². The highest BCUT2D eigenvalue weighted by Gasteiger charge is 2.76. The number of alkyl halides is 1. The molecule has 0 aromatic rings. The summed E-state index contributed by atoms with van der Waals surface area (Å²) in [5.41, 5.74) is 0. The summed E-state index contributed by atoms with van der Waals surface area (Å²) < 4.78 is 4.69. The summed E-state index contributed by atoms with van der Waals surface area (Å²) in [4.78, 5) is 44.0. The third-order valence-electron chi connectivity index (χ3n) is 6.83. The normalized spacial score (nSPS) is 32.8. The van der Waals surface area contributed by atoms with Gasteiger partial charge in [0.05, 0.1) is 23.2 Å². The maximum Gasteiger partial charge on any atom is 0.310 e. The predicted octanol–water partition coefficient (Wildman–Crippen LogP) is 2.60. The molecule has 3 aliphatic rings. The van der Waals surface area contributed by atoms with Crippen LogP contribution in [0.1, 0.15) is 46.0 Å². The smallest absolute Gasteiger partial charge is 0.310 e. The molecule has 180 valence electrons. The minimum atomic E-state index is -0.663. The first-order chi connectivity index (χ1) is 15.4. The van der Waals surface area contributed by atoms with Crippen LogP contribution in [0, 0.1) is 11.8 Å². The molecule has 9 heteroatoms. The second-order valence-electron chi connectivity index (χ2n) is 8.80. The van der Waals surface area contributed by atoms with E-state index in [-0.39, 0.29) is 41.1 Å². The first kappa shape index (κ1) is 25.6. The first-order valence-electron chi connectivity index (χ1n) is 11.7. The van der Waals surface area contributed by atoms with E-state index in [9.17, 15) is 19.5 Å². The number of carbonyl (C=O) groups is 3. The Morgan fingerprint density at radius 2 is 2.12 bits per heavy atom. The SMILES string of the molecule is C=CCN(CCCCC)C(=O)C1N(CCCO)C(=O)[C@@H]2[C@H](C(=O)OCC)[C@H]3SC12CC3Br. The van der Waals surface area contributed by atoms with Gasteiger partial charge in [0.15, 0.2) is 0 Å². The van der Waals surface area contributed by atoms with Gasteiger partial charge in [0.25, 0.3) is 0 Å². The Labute approximate surface area is 203 Å². The number of unbranched alkanes of at least 4 members (excludes halogenated alkanes) is 2. The number of hydrogen-bond donors (Lipinski definition) is 1. The summed E-state index contributed by atoms with van der Waals surface area (Å²) in [6.45, 7) is 9.24. The fraction of sp³-hybridized carbons (Fsp3) is 0.783. The number of hydrogen-bond acceptors (Lipinski definition) is 6. The van der Waals surface area contributed by atoms with E-state index in [0.29, 0.717) is 32.5 Å². The molecule has 0 aromatic heterocycles. The van der Waals surface area contributed by atoms with Gasteiger partial charge in [-0.1, -0.05) is 41.8 Å². The molecule has 1 N–H and O–H groups in total. The Bertz CT molecular complexity index is 737. The highest BCUT2D eigenvalue weighted by molar-refractivity contribution is 9.09. The molecule has 0 saturated carbocycles. The number of carbonyl (C=O) groups excluding carboxylic acids is 3. The summed E-state index contributed by atoms with van der Waals surface area (Å²) in [7, 11) is 0. The third-order valence-corrected chi connectivity index (χ3v) is 10.1. The molecule has 2 bridgehead atoms. The van der Waals surface area contributed by atoms with E-state index in [2.05, 4.69) is 29.4 Å². The van der Waals surface area contributed by atoms with Crippen LogP contribution in [0.15, 0.2) is 12.7 Å². The summed E-state index contributed by atoms with van der Waals surface area (Å²) in [5, 5.41) is 9.33. The van der Waals surface area contributed by atoms with Gasteiger partial charge in [0, 0.05) is 36.3 Å². The predicted molar refractivity (Wildman–Crippen MR) is 129 cm³/mol. The van der Waals surface area contributed by atoms with E-state index < -0.39 is 22.6 Å². The fourth-order valence-electron chi connectivity index (χ4n) is 5.57. The Morgan fingerprint density at radius 3 is 2.75 bits per heavy atom. The van der Waals surface area contributed by atoms with E-state index in [1.807, 2.05) is 0 Å². The fourth-order valence-corrected chi connectivity index (χ4v) is 9.17. The zero-order valence-corrected chi connectivity index (χ0v) is 21.4. The monoisotopic (exact) mass is 530 g/mol. The van der Waals surface area contributed by atoms with Crippen molar-refractivity contribution in [1.82, 2.24) is 9.80 Å². The molecule has 0 radical (unpaired) electrons. The summed E-state index contributed by atoms with van der Waals surface area (Å²) in [6.07, 6.45) is 5.74. The van der Waals surface area contributed by atoms with Gasteiger partial charge in [-0.3, -0.25) is 14.4 Å². The third kappa shape index (κ3) is 4.37. The number of rotatable bonds is 12. The molecule has 3 rings (SSSR count). The Hall–Kier alpha value is -1.06. The van der Waals surface area contributed by atoms with Crippen LogP contribution >= 0.6 is 27.7 Å². The van der Waals surface area contributed by atoms with Crippen LogP contribution in [0.2, 0.25) is 0 Å². The molecule has 3 aliphatic heterocycles. The molecule has 0 aromatic carbocycles. The first-order valence-corrected chi connectivity index (χ1v) is 13.5. The number of esters is 1. The average Bonchev–Trinajstić information content (AvgIpc) is 3.35. The van der Waals surface area contributed by atoms with Gasteiger partial charge in [-0.25, -0.2) is 0 Å². The van der Waals surface area contributed by atoms with Crippen molar-refractivity contribution in [3.05, 3.63) is 12.7 Å². The molecule has 3 heterocycles. The quantitative estimate of drug-likeness (QED) is 0.180. The van der Waals surface area contributed by atoms with Gasteiger partial charge >= 0.3 is 5.97 Å². The van der Waals surface area contributed by atoms with Crippen LogP contribution in [0.25, 0.3) is 0 Å². The standard InChI is InChI=1S/C23H35BrN2O5S/c1-4-7-8-11-25(10-5-2)21(29)19-23-14-15(24)18(32-23)16(22(30)31-6-3)17(23)20(28)26(19)12-9-13-27/h5,15-19,27H,2,4,6-14H2,1,3H3/t15?,16-,17-,18-,19?,23?/m0/s1. The lowest BCUT2D eigenvalue weighted by Crippen LogP contribution is -2.55. The molecule has 6 atom stereocenters. The molecule has 7 nitrogen and oxygen atoms in total. The van der Waals surface area contributed by atoms with Gasteiger partial charge in [-0.2, -0.15) is 0 Å². The summed E-state index contributed by atoms with van der Waals surface area (Å²) in [5.74, 6) is -1.72. The second kappa shape index (κ2) is 10.9. The molecular weight excluding hydrogens is 496 g/mol. The summed E-state index contributed by atoms with van der Waals surface area (Å²) in [6, 6.07) is -0.650. The van der Waals surface area contributed by atoms with E-state index in [0.717, 1.165) is 19.3 Å². The average molecular weight is 532 g/mol. The lowest BCUT2D eigenvalue weighted by atomic mass is 9.71. The zero-order valence-electron chi connectivity index (χ0n) is 19.0. The van der Waals surface area contributed by atoms with Crippen LogP contribution in [-0.4, -0.2) is 86.4 Å². The molecular formula is C23H35BrN2O5S. The van der Waals surface area contributed by atoms with Crippen molar-refractivity contribution in [2.24, 2.45) is 11.8 Å². The van der Waals surface area contributed by atoms with Crippen LogP contribution in [0.5, 0.6) is 0 Å². The minimum Gasteiger partial charge on any atom is -0.466 e. The van der Waals surface area contributed by atoms with Gasteiger partial charge in [-0.15, -0.1) is 18.3 Å². The van der Waals surface area contributed by atoms with E-state index >= 15 is 0 Å². The number of amides is 2.